The summed E-state index contributed by atoms with van der Waals surface area (Å²) in [5, 5.41) is 0. The van der Waals surface area contributed by atoms with E-state index in [1.807, 2.05) is 0 Å². The topological polar surface area (TPSA) is 63.7 Å². The molecule has 1 aliphatic rings. The van der Waals surface area contributed by atoms with E-state index in [1.165, 1.54) is 14.2 Å². The smallest absolute Gasteiger partial charge is 0.318 e. The van der Waals surface area contributed by atoms with Gasteiger partial charge >= 0.3 is 5.97 Å². The molecule has 5 heteroatoms. The van der Waals surface area contributed by atoms with E-state index in [2.05, 4.69) is 4.74 Å². The second kappa shape index (κ2) is 2.92. The summed E-state index contributed by atoms with van der Waals surface area (Å²) in [6, 6.07) is 0. The van der Waals surface area contributed by atoms with Crippen molar-refractivity contribution in [2.24, 2.45) is 5.92 Å². The summed E-state index contributed by atoms with van der Waals surface area (Å²) in [4.78, 5) is 33.9. The number of imide groups is 1. The molecule has 12 heavy (non-hydrogen) atoms. The molecule has 1 unspecified atom stereocenters. The van der Waals surface area contributed by atoms with Crippen LogP contribution < -0.4 is 0 Å². The van der Waals surface area contributed by atoms with E-state index in [1.54, 1.807) is 0 Å². The van der Waals surface area contributed by atoms with E-state index < -0.39 is 17.8 Å². The normalized spacial score (nSPS) is 23.2. The quantitative estimate of drug-likeness (QED) is 0.293. The maximum atomic E-state index is 11.1. The molecular weight excluding hydrogens is 162 g/mol. The first kappa shape index (κ1) is 8.70. The third-order valence-corrected chi connectivity index (χ3v) is 1.87. The number of rotatable bonds is 1. The first-order valence-electron chi connectivity index (χ1n) is 3.46. The Morgan fingerprint density at radius 3 is 2.50 bits per heavy atom. The van der Waals surface area contributed by atoms with Crippen LogP contribution in [0.1, 0.15) is 6.42 Å². The molecule has 0 aliphatic carbocycles. The van der Waals surface area contributed by atoms with Crippen LogP contribution in [-0.4, -0.2) is 36.8 Å². The zero-order chi connectivity index (χ0) is 9.30. The highest BCUT2D eigenvalue weighted by atomic mass is 16.5. The molecule has 1 rings (SSSR count). The maximum Gasteiger partial charge on any atom is 0.318 e. The molecule has 0 spiro atoms. The average Bonchev–Trinajstić information content (AvgIpc) is 2.32. The lowest BCUT2D eigenvalue weighted by Crippen LogP contribution is -2.29. The molecule has 1 heterocycles. The SMILES string of the molecule is COC(=O)C1CC(=O)N(C)C1=O. The number of methoxy groups -OCH3 is 1. The van der Waals surface area contributed by atoms with Crippen LogP contribution in [0, 0.1) is 5.92 Å². The summed E-state index contributed by atoms with van der Waals surface area (Å²) >= 11 is 0. The zero-order valence-corrected chi connectivity index (χ0v) is 6.86. The number of hydrogen-bond acceptors (Lipinski definition) is 4. The fourth-order valence-electron chi connectivity index (χ4n) is 1.08. The Morgan fingerprint density at radius 2 is 2.17 bits per heavy atom. The lowest BCUT2D eigenvalue weighted by Gasteiger charge is -2.05. The molecule has 0 N–H and O–H groups in total. The molecule has 1 saturated heterocycles. The molecule has 2 amide bonds. The summed E-state index contributed by atoms with van der Waals surface area (Å²) in [5.41, 5.74) is 0. The van der Waals surface area contributed by atoms with Gasteiger partial charge < -0.3 is 4.74 Å². The van der Waals surface area contributed by atoms with Crippen molar-refractivity contribution in [3.05, 3.63) is 0 Å². The van der Waals surface area contributed by atoms with Crippen LogP contribution in [0.2, 0.25) is 0 Å². The average molecular weight is 171 g/mol. The molecule has 0 aromatic heterocycles. The minimum Gasteiger partial charge on any atom is -0.468 e. The van der Waals surface area contributed by atoms with Crippen LogP contribution in [0.15, 0.2) is 0 Å². The van der Waals surface area contributed by atoms with Crippen LogP contribution in [-0.2, 0) is 19.1 Å². The van der Waals surface area contributed by atoms with Crippen LogP contribution in [0.4, 0.5) is 0 Å². The van der Waals surface area contributed by atoms with E-state index in [-0.39, 0.29) is 12.3 Å². The van der Waals surface area contributed by atoms with E-state index in [4.69, 9.17) is 0 Å². The Morgan fingerprint density at radius 1 is 1.58 bits per heavy atom. The fourth-order valence-corrected chi connectivity index (χ4v) is 1.08. The predicted octanol–water partition coefficient (Wildman–Crippen LogP) is -0.836. The van der Waals surface area contributed by atoms with Crippen molar-refractivity contribution in [1.29, 1.82) is 0 Å². The summed E-state index contributed by atoms with van der Waals surface area (Å²) < 4.78 is 4.36. The van der Waals surface area contributed by atoms with Crippen LogP contribution in [0.5, 0.6) is 0 Å². The first-order valence-corrected chi connectivity index (χ1v) is 3.46. The molecule has 0 saturated carbocycles. The van der Waals surface area contributed by atoms with Gasteiger partial charge in [-0.05, 0) is 0 Å². The van der Waals surface area contributed by atoms with Crippen LogP contribution in [0.25, 0.3) is 0 Å². The van der Waals surface area contributed by atoms with Crippen molar-refractivity contribution >= 4 is 17.8 Å². The lowest BCUT2D eigenvalue weighted by atomic mass is 10.1. The third kappa shape index (κ3) is 1.17. The minimum absolute atomic E-state index is 0.0675. The summed E-state index contributed by atoms with van der Waals surface area (Å²) in [7, 11) is 2.55. The highest BCUT2D eigenvalue weighted by Gasteiger charge is 2.41. The van der Waals surface area contributed by atoms with Crippen molar-refractivity contribution in [2.75, 3.05) is 14.2 Å². The molecule has 0 radical (unpaired) electrons. The van der Waals surface area contributed by atoms with Gasteiger partial charge in [-0.3, -0.25) is 19.3 Å². The van der Waals surface area contributed by atoms with Crippen molar-refractivity contribution < 1.29 is 19.1 Å². The molecule has 0 bridgehead atoms. The first-order chi connectivity index (χ1) is 5.57. The number of carbonyl (C=O) groups is 3. The molecule has 1 fully saturated rings. The molecule has 0 aromatic rings. The standard InChI is InChI=1S/C7H9NO4/c1-8-5(9)3-4(6(8)10)7(11)12-2/h4H,3H2,1-2H3. The summed E-state index contributed by atoms with van der Waals surface area (Å²) in [5.74, 6) is -2.38. The Kier molecular flexibility index (Phi) is 2.12. The maximum absolute atomic E-state index is 11.1. The van der Waals surface area contributed by atoms with Gasteiger partial charge in [-0.1, -0.05) is 0 Å². The lowest BCUT2D eigenvalue weighted by molar-refractivity contribution is -0.150. The van der Waals surface area contributed by atoms with Gasteiger partial charge in [-0.25, -0.2) is 0 Å². The van der Waals surface area contributed by atoms with Gasteiger partial charge in [0.05, 0.1) is 7.11 Å². The summed E-state index contributed by atoms with van der Waals surface area (Å²) in [6.45, 7) is 0. The number of carbonyl (C=O) groups excluding carboxylic acids is 3. The highest BCUT2D eigenvalue weighted by molar-refractivity contribution is 6.12. The summed E-state index contributed by atoms with van der Waals surface area (Å²) in [6.07, 6.45) is -0.0675. The molecule has 1 atom stereocenters. The van der Waals surface area contributed by atoms with Crippen molar-refractivity contribution in [3.8, 4) is 0 Å². The minimum atomic E-state index is -0.924. The van der Waals surface area contributed by atoms with Crippen molar-refractivity contribution in [2.45, 2.75) is 6.42 Å². The van der Waals surface area contributed by atoms with E-state index in [0.717, 1.165) is 4.90 Å². The van der Waals surface area contributed by atoms with Gasteiger partial charge in [0.15, 0.2) is 0 Å². The largest absolute Gasteiger partial charge is 0.468 e. The highest BCUT2D eigenvalue weighted by Crippen LogP contribution is 2.18. The Bertz CT molecular complexity index is 248. The Balaban J connectivity index is 2.78. The third-order valence-electron chi connectivity index (χ3n) is 1.87. The number of ether oxygens (including phenoxy) is 1. The van der Waals surface area contributed by atoms with E-state index >= 15 is 0 Å². The van der Waals surface area contributed by atoms with E-state index in [9.17, 15) is 14.4 Å². The number of nitrogens with zero attached hydrogens (tertiary/aromatic N) is 1. The van der Waals surface area contributed by atoms with Crippen LogP contribution >= 0.6 is 0 Å². The van der Waals surface area contributed by atoms with Gasteiger partial charge in [-0.15, -0.1) is 0 Å². The Hall–Kier alpha value is -1.39. The van der Waals surface area contributed by atoms with Crippen molar-refractivity contribution in [1.82, 2.24) is 4.90 Å². The molecule has 5 nitrogen and oxygen atoms in total. The van der Waals surface area contributed by atoms with Crippen molar-refractivity contribution in [3.63, 3.8) is 0 Å². The fraction of sp³-hybridized carbons (Fsp3) is 0.571. The second-order valence-electron chi connectivity index (χ2n) is 2.57. The predicted molar refractivity (Wildman–Crippen MR) is 37.9 cm³/mol. The second-order valence-corrected chi connectivity index (χ2v) is 2.57. The van der Waals surface area contributed by atoms with Gasteiger partial charge in [-0.2, -0.15) is 0 Å². The number of amides is 2. The van der Waals surface area contributed by atoms with Gasteiger partial charge in [0.1, 0.15) is 5.92 Å². The monoisotopic (exact) mass is 171 g/mol. The molecule has 0 aromatic carbocycles. The Labute approximate surface area is 69.3 Å². The van der Waals surface area contributed by atoms with Gasteiger partial charge in [0.2, 0.25) is 11.8 Å². The number of likely N-dealkylation sites (tertiary alicyclic amines) is 1. The zero-order valence-electron chi connectivity index (χ0n) is 6.86. The van der Waals surface area contributed by atoms with E-state index in [0.29, 0.717) is 0 Å². The number of hydrogen-bond donors (Lipinski definition) is 0. The molecule has 66 valence electrons. The number of esters is 1. The van der Waals surface area contributed by atoms with Gasteiger partial charge in [0, 0.05) is 13.5 Å². The van der Waals surface area contributed by atoms with Gasteiger partial charge in [0.25, 0.3) is 0 Å². The van der Waals surface area contributed by atoms with Crippen LogP contribution in [0.3, 0.4) is 0 Å². The molecular formula is C7H9NO4. The molecule has 1 aliphatic heterocycles.